The van der Waals surface area contributed by atoms with Crippen LogP contribution in [-0.4, -0.2) is 24.4 Å². The number of methoxy groups -OCH3 is 1. The van der Waals surface area contributed by atoms with Crippen LogP contribution in [0.2, 0.25) is 0 Å². The van der Waals surface area contributed by atoms with Crippen LogP contribution in [0.1, 0.15) is 64.7 Å². The minimum Gasteiger partial charge on any atom is -0.467 e. The zero-order chi connectivity index (χ0) is 17.2. The molecule has 0 aliphatic carbocycles. The van der Waals surface area contributed by atoms with E-state index in [0.29, 0.717) is 6.42 Å². The number of ether oxygens (including phenoxy) is 1. The standard InChI is InChI=1S/C19H32O4/c1-3-4-5-6-7-8-9-10-11-12-13-14-15-16-17-18(23-21)19(20)22-2/h4-5,7-8,10-11,18,21H,3,6,9,12-17H2,1-2H3/b5-4-,8-7-,11-10-. The van der Waals surface area contributed by atoms with Gasteiger partial charge in [0.05, 0.1) is 7.11 Å². The van der Waals surface area contributed by atoms with Gasteiger partial charge in [-0.05, 0) is 38.5 Å². The zero-order valence-corrected chi connectivity index (χ0v) is 14.6. The fourth-order valence-corrected chi connectivity index (χ4v) is 2.12. The van der Waals surface area contributed by atoms with Gasteiger partial charge in [-0.1, -0.05) is 62.6 Å². The van der Waals surface area contributed by atoms with E-state index >= 15 is 0 Å². The maximum Gasteiger partial charge on any atom is 0.338 e. The second kappa shape index (κ2) is 17.0. The molecule has 1 unspecified atom stereocenters. The van der Waals surface area contributed by atoms with Gasteiger partial charge in [0.25, 0.3) is 0 Å². The molecule has 0 aromatic heterocycles. The minimum atomic E-state index is -0.848. The Hall–Kier alpha value is -1.39. The quantitative estimate of drug-likeness (QED) is 0.156. The molecule has 0 aliphatic heterocycles. The fourth-order valence-electron chi connectivity index (χ4n) is 2.12. The van der Waals surface area contributed by atoms with Crippen LogP contribution < -0.4 is 0 Å². The summed E-state index contributed by atoms with van der Waals surface area (Å²) < 4.78 is 4.53. The molecule has 0 rings (SSSR count). The number of unbranched alkanes of at least 4 members (excludes halogenated alkanes) is 4. The lowest BCUT2D eigenvalue weighted by molar-refractivity contribution is -0.278. The van der Waals surface area contributed by atoms with Crippen LogP contribution in [0.4, 0.5) is 0 Å². The highest BCUT2D eigenvalue weighted by Crippen LogP contribution is 2.10. The summed E-state index contributed by atoms with van der Waals surface area (Å²) in [5, 5.41) is 8.61. The number of esters is 1. The molecule has 0 radical (unpaired) electrons. The molecule has 0 bridgehead atoms. The molecule has 0 heterocycles. The van der Waals surface area contributed by atoms with E-state index in [1.54, 1.807) is 0 Å². The molecule has 23 heavy (non-hydrogen) atoms. The fraction of sp³-hybridized carbons (Fsp3) is 0.632. The van der Waals surface area contributed by atoms with Crippen LogP contribution in [0.15, 0.2) is 36.5 Å². The monoisotopic (exact) mass is 324 g/mol. The molecule has 0 aromatic carbocycles. The van der Waals surface area contributed by atoms with E-state index in [1.165, 1.54) is 7.11 Å². The lowest BCUT2D eigenvalue weighted by atomic mass is 10.1. The van der Waals surface area contributed by atoms with Gasteiger partial charge in [-0.2, -0.15) is 0 Å². The molecule has 1 N–H and O–H groups in total. The Morgan fingerprint density at radius 3 is 2.17 bits per heavy atom. The summed E-state index contributed by atoms with van der Waals surface area (Å²) in [5.74, 6) is -0.520. The van der Waals surface area contributed by atoms with Gasteiger partial charge in [-0.25, -0.2) is 9.68 Å². The van der Waals surface area contributed by atoms with Gasteiger partial charge < -0.3 is 4.74 Å². The summed E-state index contributed by atoms with van der Waals surface area (Å²) in [5.41, 5.74) is 0. The maximum absolute atomic E-state index is 11.2. The van der Waals surface area contributed by atoms with Crippen LogP contribution in [0.3, 0.4) is 0 Å². The first-order chi connectivity index (χ1) is 11.3. The average Bonchev–Trinajstić information content (AvgIpc) is 2.58. The molecule has 0 spiro atoms. The van der Waals surface area contributed by atoms with Crippen molar-refractivity contribution in [3.05, 3.63) is 36.5 Å². The number of rotatable bonds is 14. The van der Waals surface area contributed by atoms with Crippen molar-refractivity contribution in [1.29, 1.82) is 0 Å². The summed E-state index contributed by atoms with van der Waals surface area (Å²) in [6.45, 7) is 2.14. The lowest BCUT2D eigenvalue weighted by Crippen LogP contribution is -2.24. The van der Waals surface area contributed by atoms with Gasteiger partial charge >= 0.3 is 5.97 Å². The second-order valence-electron chi connectivity index (χ2n) is 5.40. The number of hydrogen-bond donors (Lipinski definition) is 1. The summed E-state index contributed by atoms with van der Waals surface area (Å²) >= 11 is 0. The first-order valence-electron chi connectivity index (χ1n) is 8.59. The third-order valence-corrected chi connectivity index (χ3v) is 3.46. The largest absolute Gasteiger partial charge is 0.467 e. The van der Waals surface area contributed by atoms with Crippen molar-refractivity contribution >= 4 is 5.97 Å². The van der Waals surface area contributed by atoms with Crippen molar-refractivity contribution < 1.29 is 19.7 Å². The molecule has 0 saturated carbocycles. The molecule has 0 aromatic rings. The van der Waals surface area contributed by atoms with Gasteiger partial charge in [0.15, 0.2) is 6.10 Å². The first-order valence-corrected chi connectivity index (χ1v) is 8.59. The predicted molar refractivity (Wildman–Crippen MR) is 94.2 cm³/mol. The van der Waals surface area contributed by atoms with Crippen molar-refractivity contribution in [1.82, 2.24) is 0 Å². The average molecular weight is 324 g/mol. The highest BCUT2D eigenvalue weighted by molar-refractivity contribution is 5.74. The van der Waals surface area contributed by atoms with E-state index in [1.807, 2.05) is 0 Å². The SMILES string of the molecule is CC/C=C\C/C=C\C/C=C\CCCCCCC(OO)C(=O)OC. The summed E-state index contributed by atoms with van der Waals surface area (Å²) in [6, 6.07) is 0. The molecule has 0 fully saturated rings. The van der Waals surface area contributed by atoms with Gasteiger partial charge in [0.1, 0.15) is 0 Å². The number of carbonyl (C=O) groups is 1. The summed E-state index contributed by atoms with van der Waals surface area (Å²) in [6.07, 6.45) is 21.1. The van der Waals surface area contributed by atoms with Crippen LogP contribution in [0.5, 0.6) is 0 Å². The molecule has 4 nitrogen and oxygen atoms in total. The van der Waals surface area contributed by atoms with E-state index in [9.17, 15) is 4.79 Å². The van der Waals surface area contributed by atoms with Crippen LogP contribution in [0, 0.1) is 0 Å². The van der Waals surface area contributed by atoms with Gasteiger partial charge in [0, 0.05) is 0 Å². The van der Waals surface area contributed by atoms with Gasteiger partial charge in [-0.3, -0.25) is 5.26 Å². The molecule has 0 aliphatic rings. The Balaban J connectivity index is 3.46. The molecule has 0 saturated heterocycles. The Labute approximate surface area is 140 Å². The van der Waals surface area contributed by atoms with Crippen molar-refractivity contribution in [2.75, 3.05) is 7.11 Å². The number of carbonyl (C=O) groups excluding carboxylic acids is 1. The van der Waals surface area contributed by atoms with Crippen molar-refractivity contribution in [2.24, 2.45) is 0 Å². The van der Waals surface area contributed by atoms with Gasteiger partial charge in [-0.15, -0.1) is 0 Å². The van der Waals surface area contributed by atoms with E-state index in [0.717, 1.165) is 51.4 Å². The Kier molecular flexibility index (Phi) is 15.9. The maximum atomic E-state index is 11.2. The van der Waals surface area contributed by atoms with E-state index < -0.39 is 12.1 Å². The van der Waals surface area contributed by atoms with E-state index in [4.69, 9.17) is 5.26 Å². The highest BCUT2D eigenvalue weighted by Gasteiger charge is 2.18. The van der Waals surface area contributed by atoms with Crippen LogP contribution in [0.25, 0.3) is 0 Å². The first kappa shape index (κ1) is 21.6. The summed E-state index contributed by atoms with van der Waals surface area (Å²) in [4.78, 5) is 15.3. The molecule has 0 amide bonds. The Morgan fingerprint density at radius 2 is 1.57 bits per heavy atom. The van der Waals surface area contributed by atoms with Crippen molar-refractivity contribution in [3.63, 3.8) is 0 Å². The Morgan fingerprint density at radius 1 is 0.957 bits per heavy atom. The molecule has 4 heteroatoms. The zero-order valence-electron chi connectivity index (χ0n) is 14.6. The molecular formula is C19H32O4. The van der Waals surface area contributed by atoms with Crippen LogP contribution in [-0.2, 0) is 14.4 Å². The minimum absolute atomic E-state index is 0.496. The van der Waals surface area contributed by atoms with Crippen LogP contribution >= 0.6 is 0 Å². The lowest BCUT2D eigenvalue weighted by Gasteiger charge is -2.10. The Bertz CT molecular complexity index is 358. The van der Waals surface area contributed by atoms with Crippen molar-refractivity contribution in [2.45, 2.75) is 70.8 Å². The number of allylic oxidation sites excluding steroid dienone is 6. The normalized spacial score (nSPS) is 13.3. The third-order valence-electron chi connectivity index (χ3n) is 3.46. The van der Waals surface area contributed by atoms with Gasteiger partial charge in [0.2, 0.25) is 0 Å². The predicted octanol–water partition coefficient (Wildman–Crippen LogP) is 5.22. The molecule has 132 valence electrons. The smallest absolute Gasteiger partial charge is 0.338 e. The summed E-state index contributed by atoms with van der Waals surface area (Å²) in [7, 11) is 1.29. The second-order valence-corrected chi connectivity index (χ2v) is 5.40. The van der Waals surface area contributed by atoms with E-state index in [-0.39, 0.29) is 0 Å². The van der Waals surface area contributed by atoms with Crippen molar-refractivity contribution in [3.8, 4) is 0 Å². The molecule has 1 atom stereocenters. The number of hydrogen-bond acceptors (Lipinski definition) is 4. The third kappa shape index (κ3) is 14.0. The highest BCUT2D eigenvalue weighted by atomic mass is 17.1. The van der Waals surface area contributed by atoms with E-state index in [2.05, 4.69) is 53.0 Å². The molecular weight excluding hydrogens is 292 g/mol. The topological polar surface area (TPSA) is 55.8 Å².